The molecule has 0 spiro atoms. The Hall–Kier alpha value is -2.81. The van der Waals surface area contributed by atoms with E-state index in [1.807, 2.05) is 12.1 Å². The summed E-state index contributed by atoms with van der Waals surface area (Å²) in [5.41, 5.74) is 1.60. The fourth-order valence-corrected chi connectivity index (χ4v) is 6.35. The largest absolute Gasteiger partial charge is 0.489 e. The van der Waals surface area contributed by atoms with E-state index in [-0.39, 0.29) is 11.7 Å². The van der Waals surface area contributed by atoms with Crippen molar-refractivity contribution in [3.63, 3.8) is 0 Å². The third-order valence-electron chi connectivity index (χ3n) is 6.96. The maximum atomic E-state index is 13.2. The van der Waals surface area contributed by atoms with E-state index in [4.69, 9.17) is 16.3 Å². The van der Waals surface area contributed by atoms with Gasteiger partial charge in [-0.1, -0.05) is 11.6 Å². The second kappa shape index (κ2) is 8.45. The molecule has 0 radical (unpaired) electrons. The second-order valence-corrected chi connectivity index (χ2v) is 10.4. The first-order valence-corrected chi connectivity index (χ1v) is 12.5. The van der Waals surface area contributed by atoms with Crippen molar-refractivity contribution in [2.24, 2.45) is 0 Å². The van der Waals surface area contributed by atoms with Gasteiger partial charge in [-0.15, -0.1) is 11.3 Å². The fourth-order valence-electron chi connectivity index (χ4n) is 5.12. The van der Waals surface area contributed by atoms with E-state index in [0.29, 0.717) is 44.5 Å². The zero-order chi connectivity index (χ0) is 23.4. The highest BCUT2D eigenvalue weighted by molar-refractivity contribution is 7.22. The molecule has 2 saturated heterocycles. The van der Waals surface area contributed by atoms with E-state index in [2.05, 4.69) is 21.9 Å². The molecule has 34 heavy (non-hydrogen) atoms. The van der Waals surface area contributed by atoms with E-state index in [0.717, 1.165) is 23.9 Å². The standard InChI is InChI=1S/C25H22ClFN4O2S/c1-30-15-3-4-16(30)9-18(8-15)33-22-7-5-17(10-19(22)26)31-13-29-21-11-23(34-24(21)25(31)32)20-6-2-14(27)12-28-20/h2,5-7,10-13,15-16,18H,3-4,8-9H2,1H3/t15-,16+,18+. The van der Waals surface area contributed by atoms with Gasteiger partial charge >= 0.3 is 0 Å². The van der Waals surface area contributed by atoms with Gasteiger partial charge in [0.05, 0.1) is 33.0 Å². The number of ether oxygens (including phenoxy) is 1. The van der Waals surface area contributed by atoms with Crippen LogP contribution >= 0.6 is 22.9 Å². The number of hydrogen-bond acceptors (Lipinski definition) is 6. The summed E-state index contributed by atoms with van der Waals surface area (Å²) in [4.78, 5) is 25.0. The van der Waals surface area contributed by atoms with Crippen LogP contribution in [0, 0.1) is 5.82 Å². The van der Waals surface area contributed by atoms with Crippen molar-refractivity contribution in [1.29, 1.82) is 0 Å². The number of rotatable bonds is 4. The summed E-state index contributed by atoms with van der Waals surface area (Å²) in [6.45, 7) is 0. The minimum Gasteiger partial charge on any atom is -0.489 e. The number of aromatic nitrogens is 3. The lowest BCUT2D eigenvalue weighted by Gasteiger charge is -2.36. The Morgan fingerprint density at radius 3 is 2.62 bits per heavy atom. The van der Waals surface area contributed by atoms with E-state index in [9.17, 15) is 9.18 Å². The topological polar surface area (TPSA) is 60.2 Å². The Bertz CT molecular complexity index is 1420. The van der Waals surface area contributed by atoms with Gasteiger partial charge in [-0.25, -0.2) is 9.37 Å². The number of halogens is 2. The first kappa shape index (κ1) is 21.7. The van der Waals surface area contributed by atoms with E-state index < -0.39 is 5.82 Å². The fraction of sp³-hybridized carbons (Fsp3) is 0.320. The molecular formula is C25H22ClFN4O2S. The smallest absolute Gasteiger partial charge is 0.275 e. The van der Waals surface area contributed by atoms with Crippen LogP contribution in [0.3, 0.4) is 0 Å². The Balaban J connectivity index is 1.27. The van der Waals surface area contributed by atoms with Crippen LogP contribution in [0.4, 0.5) is 4.39 Å². The van der Waals surface area contributed by atoms with Crippen LogP contribution in [0.1, 0.15) is 25.7 Å². The molecule has 0 saturated carbocycles. The highest BCUT2D eigenvalue weighted by Crippen LogP contribution is 2.37. The molecule has 2 bridgehead atoms. The lowest BCUT2D eigenvalue weighted by Crippen LogP contribution is -2.43. The van der Waals surface area contributed by atoms with Crippen LogP contribution in [0.2, 0.25) is 5.02 Å². The molecule has 3 aromatic heterocycles. The van der Waals surface area contributed by atoms with Gasteiger partial charge in [-0.2, -0.15) is 0 Å². The summed E-state index contributed by atoms with van der Waals surface area (Å²) in [5.74, 6) is 0.236. The Kier molecular flexibility index (Phi) is 5.39. The third kappa shape index (κ3) is 3.79. The highest BCUT2D eigenvalue weighted by atomic mass is 35.5. The number of benzene rings is 1. The monoisotopic (exact) mass is 496 g/mol. The molecule has 0 unspecified atom stereocenters. The average molecular weight is 497 g/mol. The van der Waals surface area contributed by atoms with Crippen LogP contribution in [-0.2, 0) is 0 Å². The van der Waals surface area contributed by atoms with Crippen molar-refractivity contribution >= 4 is 33.2 Å². The predicted octanol–water partition coefficient (Wildman–Crippen LogP) is 5.31. The van der Waals surface area contributed by atoms with Gasteiger partial charge in [-0.05, 0) is 69.1 Å². The van der Waals surface area contributed by atoms with Crippen LogP contribution in [0.15, 0.2) is 53.7 Å². The average Bonchev–Trinajstić information content (AvgIpc) is 3.33. The number of piperidine rings is 1. The normalized spacial score (nSPS) is 22.4. The molecule has 6 nitrogen and oxygen atoms in total. The SMILES string of the molecule is CN1[C@@H]2CC[C@H]1C[C@@H](Oc1ccc(-n3cnc4cc(-c5ccc(F)cn5)sc4c3=O)cc1Cl)C2. The molecule has 3 atom stereocenters. The highest BCUT2D eigenvalue weighted by Gasteiger charge is 2.39. The lowest BCUT2D eigenvalue weighted by atomic mass is 10.0. The minimum atomic E-state index is -0.405. The number of pyridine rings is 1. The van der Waals surface area contributed by atoms with E-state index in [1.165, 1.54) is 41.1 Å². The molecule has 2 aliphatic rings. The molecule has 2 aliphatic heterocycles. The summed E-state index contributed by atoms with van der Waals surface area (Å²) < 4.78 is 21.5. The molecule has 0 aliphatic carbocycles. The molecule has 5 heterocycles. The third-order valence-corrected chi connectivity index (χ3v) is 8.39. The Labute approximate surface area is 204 Å². The van der Waals surface area contributed by atoms with Crippen molar-refractivity contribution in [1.82, 2.24) is 19.4 Å². The van der Waals surface area contributed by atoms with Gasteiger partial charge in [0.15, 0.2) is 0 Å². The quantitative estimate of drug-likeness (QED) is 0.383. The van der Waals surface area contributed by atoms with E-state index in [1.54, 1.807) is 18.2 Å². The molecule has 0 N–H and O–H groups in total. The van der Waals surface area contributed by atoms with Gasteiger partial charge in [0.2, 0.25) is 0 Å². The molecular weight excluding hydrogens is 475 g/mol. The van der Waals surface area contributed by atoms with Crippen molar-refractivity contribution in [3.05, 3.63) is 70.1 Å². The lowest BCUT2D eigenvalue weighted by molar-refractivity contribution is 0.0662. The van der Waals surface area contributed by atoms with Gasteiger partial charge < -0.3 is 9.64 Å². The van der Waals surface area contributed by atoms with Gasteiger partial charge in [0, 0.05) is 12.1 Å². The first-order chi connectivity index (χ1) is 16.5. The van der Waals surface area contributed by atoms with Gasteiger partial charge in [0.1, 0.15) is 28.7 Å². The summed E-state index contributed by atoms with van der Waals surface area (Å²) in [5, 5.41) is 0.471. The molecule has 2 fully saturated rings. The van der Waals surface area contributed by atoms with Crippen LogP contribution in [0.5, 0.6) is 5.75 Å². The molecule has 0 amide bonds. The molecule has 4 aromatic rings. The van der Waals surface area contributed by atoms with Crippen molar-refractivity contribution in [2.75, 3.05) is 7.05 Å². The number of fused-ring (bicyclic) bond motifs is 3. The summed E-state index contributed by atoms with van der Waals surface area (Å²) in [7, 11) is 2.20. The molecule has 174 valence electrons. The summed E-state index contributed by atoms with van der Waals surface area (Å²) in [6.07, 6.45) is 7.29. The minimum absolute atomic E-state index is 0.155. The number of nitrogens with zero attached hydrogens (tertiary/aromatic N) is 4. The second-order valence-electron chi connectivity index (χ2n) is 8.98. The zero-order valence-corrected chi connectivity index (χ0v) is 20.0. The number of hydrogen-bond donors (Lipinski definition) is 0. The van der Waals surface area contributed by atoms with E-state index >= 15 is 0 Å². The zero-order valence-electron chi connectivity index (χ0n) is 18.4. The van der Waals surface area contributed by atoms with Crippen LogP contribution < -0.4 is 10.3 Å². The predicted molar refractivity (Wildman–Crippen MR) is 132 cm³/mol. The maximum Gasteiger partial charge on any atom is 0.275 e. The van der Waals surface area contributed by atoms with Gasteiger partial charge in [-0.3, -0.25) is 14.3 Å². The molecule has 9 heteroatoms. The summed E-state index contributed by atoms with van der Waals surface area (Å²) in [6, 6.07) is 11.3. The molecule has 6 rings (SSSR count). The molecule has 1 aromatic carbocycles. The summed E-state index contributed by atoms with van der Waals surface area (Å²) >= 11 is 7.86. The van der Waals surface area contributed by atoms with Crippen LogP contribution in [0.25, 0.3) is 26.5 Å². The van der Waals surface area contributed by atoms with Crippen molar-refractivity contribution < 1.29 is 9.13 Å². The Morgan fingerprint density at radius 1 is 1.12 bits per heavy atom. The van der Waals surface area contributed by atoms with Crippen molar-refractivity contribution in [2.45, 2.75) is 43.9 Å². The Morgan fingerprint density at radius 2 is 1.91 bits per heavy atom. The van der Waals surface area contributed by atoms with Gasteiger partial charge in [0.25, 0.3) is 5.56 Å². The van der Waals surface area contributed by atoms with Crippen molar-refractivity contribution in [3.8, 4) is 22.0 Å². The number of thiophene rings is 1. The van der Waals surface area contributed by atoms with Crippen LogP contribution in [-0.4, -0.2) is 44.7 Å². The first-order valence-electron chi connectivity index (χ1n) is 11.3. The maximum absolute atomic E-state index is 13.2.